The lowest BCUT2D eigenvalue weighted by Crippen LogP contribution is -2.08. The van der Waals surface area contributed by atoms with Gasteiger partial charge in [-0.25, -0.2) is 4.98 Å². The van der Waals surface area contributed by atoms with Gasteiger partial charge in [0, 0.05) is 27.3 Å². The maximum atomic E-state index is 5.40. The quantitative estimate of drug-likeness (QED) is 0.691. The van der Waals surface area contributed by atoms with Crippen molar-refractivity contribution in [1.29, 1.82) is 0 Å². The molecule has 0 aliphatic heterocycles. The summed E-state index contributed by atoms with van der Waals surface area (Å²) < 4.78 is 15.3. The van der Waals surface area contributed by atoms with E-state index in [1.54, 1.807) is 27.3 Å². The molecule has 1 N–H and O–H groups in total. The number of hydrogen-bond donors (Lipinski definition) is 1. The van der Waals surface area contributed by atoms with Crippen molar-refractivity contribution in [3.63, 3.8) is 0 Å². The van der Waals surface area contributed by atoms with Crippen LogP contribution in [0.1, 0.15) is 5.82 Å². The molecule has 0 radical (unpaired) electrons. The van der Waals surface area contributed by atoms with Crippen LogP contribution in [-0.2, 0) is 16.1 Å². The topological polar surface area (TPSA) is 65.5 Å². The van der Waals surface area contributed by atoms with Crippen molar-refractivity contribution in [3.8, 4) is 5.88 Å². The zero-order valence-corrected chi connectivity index (χ0v) is 9.82. The fraction of sp³-hybridized carbons (Fsp3) is 0.600. The van der Waals surface area contributed by atoms with E-state index in [1.165, 1.54) is 0 Å². The molecule has 0 saturated heterocycles. The van der Waals surface area contributed by atoms with Crippen LogP contribution in [0.25, 0.3) is 0 Å². The lowest BCUT2D eigenvalue weighted by atomic mass is 10.5. The fourth-order valence-corrected chi connectivity index (χ4v) is 1.10. The van der Waals surface area contributed by atoms with Crippen LogP contribution in [0.15, 0.2) is 6.07 Å². The Morgan fingerprint density at radius 3 is 2.62 bits per heavy atom. The van der Waals surface area contributed by atoms with E-state index in [9.17, 15) is 0 Å². The molecule has 1 rings (SSSR count). The molecule has 0 aromatic carbocycles. The van der Waals surface area contributed by atoms with Crippen molar-refractivity contribution >= 4 is 5.82 Å². The van der Waals surface area contributed by atoms with Crippen LogP contribution in [0.3, 0.4) is 0 Å². The molecule has 0 saturated carbocycles. The maximum Gasteiger partial charge on any atom is 0.218 e. The highest BCUT2D eigenvalue weighted by atomic mass is 16.5. The molecule has 0 unspecified atom stereocenters. The Balaban J connectivity index is 2.69. The van der Waals surface area contributed by atoms with Gasteiger partial charge < -0.3 is 19.5 Å². The Bertz CT molecular complexity index is 320. The smallest absolute Gasteiger partial charge is 0.218 e. The van der Waals surface area contributed by atoms with E-state index in [0.29, 0.717) is 37.3 Å². The number of methoxy groups -OCH3 is 2. The zero-order valence-electron chi connectivity index (χ0n) is 9.82. The minimum Gasteiger partial charge on any atom is -0.475 e. The van der Waals surface area contributed by atoms with E-state index < -0.39 is 0 Å². The third-order valence-electron chi connectivity index (χ3n) is 1.82. The molecule has 16 heavy (non-hydrogen) atoms. The van der Waals surface area contributed by atoms with Crippen LogP contribution in [0.4, 0.5) is 5.82 Å². The zero-order chi connectivity index (χ0) is 11.8. The molecule has 0 fully saturated rings. The Kier molecular flexibility index (Phi) is 5.52. The first-order valence-electron chi connectivity index (χ1n) is 4.96. The standard InChI is InChI=1S/C10H17N3O3/c1-11-8-6-10(16-5-4-14-2)13-9(12-8)7-15-3/h6H,4-5,7H2,1-3H3,(H,11,12,13). The second kappa shape index (κ2) is 6.97. The molecule has 1 aromatic heterocycles. The first-order valence-corrected chi connectivity index (χ1v) is 4.96. The van der Waals surface area contributed by atoms with Crippen molar-refractivity contribution in [2.75, 3.05) is 39.8 Å². The normalized spacial score (nSPS) is 10.2. The number of anilines is 1. The van der Waals surface area contributed by atoms with Gasteiger partial charge in [-0.2, -0.15) is 4.98 Å². The van der Waals surface area contributed by atoms with Gasteiger partial charge in [-0.1, -0.05) is 0 Å². The average molecular weight is 227 g/mol. The second-order valence-electron chi connectivity index (χ2n) is 3.03. The minimum absolute atomic E-state index is 0.357. The summed E-state index contributed by atoms with van der Waals surface area (Å²) in [6.07, 6.45) is 0. The second-order valence-corrected chi connectivity index (χ2v) is 3.03. The highest BCUT2D eigenvalue weighted by Gasteiger charge is 2.04. The number of nitrogens with one attached hydrogen (secondary N) is 1. The van der Waals surface area contributed by atoms with Gasteiger partial charge in [0.15, 0.2) is 5.82 Å². The predicted octanol–water partition coefficient (Wildman–Crippen LogP) is 0.690. The van der Waals surface area contributed by atoms with Crippen LogP contribution >= 0.6 is 0 Å². The van der Waals surface area contributed by atoms with Crippen LogP contribution in [0.2, 0.25) is 0 Å². The van der Waals surface area contributed by atoms with Crippen LogP contribution in [0.5, 0.6) is 5.88 Å². The van der Waals surface area contributed by atoms with Gasteiger partial charge in [0.25, 0.3) is 0 Å². The first kappa shape index (κ1) is 12.7. The van der Waals surface area contributed by atoms with Crippen LogP contribution < -0.4 is 10.1 Å². The summed E-state index contributed by atoms with van der Waals surface area (Å²) >= 11 is 0. The number of rotatable bonds is 7. The van der Waals surface area contributed by atoms with Crippen molar-refractivity contribution in [2.24, 2.45) is 0 Å². The molecule has 0 aliphatic rings. The van der Waals surface area contributed by atoms with E-state index >= 15 is 0 Å². The lowest BCUT2D eigenvalue weighted by molar-refractivity contribution is 0.142. The third-order valence-corrected chi connectivity index (χ3v) is 1.82. The summed E-state index contributed by atoms with van der Waals surface area (Å²) in [4.78, 5) is 8.40. The fourth-order valence-electron chi connectivity index (χ4n) is 1.10. The SMILES string of the molecule is CNc1cc(OCCOC)nc(COC)n1. The van der Waals surface area contributed by atoms with Crippen molar-refractivity contribution in [2.45, 2.75) is 6.61 Å². The van der Waals surface area contributed by atoms with Gasteiger partial charge in [-0.3, -0.25) is 0 Å². The average Bonchev–Trinajstić information content (AvgIpc) is 2.29. The highest BCUT2D eigenvalue weighted by Crippen LogP contribution is 2.13. The van der Waals surface area contributed by atoms with E-state index in [0.717, 1.165) is 0 Å². The molecule has 6 heteroatoms. The van der Waals surface area contributed by atoms with Gasteiger partial charge in [0.1, 0.15) is 19.0 Å². The van der Waals surface area contributed by atoms with E-state index in [-0.39, 0.29) is 0 Å². The maximum absolute atomic E-state index is 5.40. The van der Waals surface area contributed by atoms with Crippen LogP contribution in [0, 0.1) is 0 Å². The summed E-state index contributed by atoms with van der Waals surface area (Å²) in [6.45, 7) is 1.34. The Morgan fingerprint density at radius 2 is 2.00 bits per heavy atom. The molecule has 0 amide bonds. The molecule has 6 nitrogen and oxygen atoms in total. The molecule has 0 spiro atoms. The van der Waals surface area contributed by atoms with E-state index in [1.807, 2.05) is 0 Å². The lowest BCUT2D eigenvalue weighted by Gasteiger charge is -2.08. The van der Waals surface area contributed by atoms with Crippen molar-refractivity contribution < 1.29 is 14.2 Å². The number of aromatic nitrogens is 2. The molecule has 0 bridgehead atoms. The molecule has 90 valence electrons. The first-order chi connectivity index (χ1) is 7.80. The molecular formula is C10H17N3O3. The number of nitrogens with zero attached hydrogens (tertiary/aromatic N) is 2. The summed E-state index contributed by atoms with van der Waals surface area (Å²) in [6, 6.07) is 1.73. The van der Waals surface area contributed by atoms with E-state index in [2.05, 4.69) is 15.3 Å². The highest BCUT2D eigenvalue weighted by molar-refractivity contribution is 5.37. The number of hydrogen-bond acceptors (Lipinski definition) is 6. The molecule has 0 aliphatic carbocycles. The van der Waals surface area contributed by atoms with Crippen molar-refractivity contribution in [1.82, 2.24) is 9.97 Å². The molecule has 0 atom stereocenters. The third kappa shape index (κ3) is 4.00. The van der Waals surface area contributed by atoms with Gasteiger partial charge in [0.2, 0.25) is 5.88 Å². The predicted molar refractivity (Wildman–Crippen MR) is 59.7 cm³/mol. The van der Waals surface area contributed by atoms with Gasteiger partial charge in [-0.05, 0) is 0 Å². The Morgan fingerprint density at radius 1 is 1.19 bits per heavy atom. The van der Waals surface area contributed by atoms with Crippen molar-refractivity contribution in [3.05, 3.63) is 11.9 Å². The van der Waals surface area contributed by atoms with E-state index in [4.69, 9.17) is 14.2 Å². The molecule has 1 aromatic rings. The summed E-state index contributed by atoms with van der Waals surface area (Å²) in [5, 5.41) is 2.94. The largest absolute Gasteiger partial charge is 0.475 e. The van der Waals surface area contributed by atoms with Crippen LogP contribution in [-0.4, -0.2) is 44.4 Å². The summed E-state index contributed by atoms with van der Waals surface area (Å²) in [5.74, 6) is 1.81. The van der Waals surface area contributed by atoms with Gasteiger partial charge in [0.05, 0.1) is 6.61 Å². The number of ether oxygens (including phenoxy) is 3. The minimum atomic E-state index is 0.357. The van der Waals surface area contributed by atoms with Gasteiger partial charge in [-0.15, -0.1) is 0 Å². The molecule has 1 heterocycles. The van der Waals surface area contributed by atoms with Gasteiger partial charge >= 0.3 is 0 Å². The summed E-state index contributed by atoms with van der Waals surface area (Å²) in [5.41, 5.74) is 0. The monoisotopic (exact) mass is 227 g/mol. The Labute approximate surface area is 95.0 Å². The molecular weight excluding hydrogens is 210 g/mol. The summed E-state index contributed by atoms with van der Waals surface area (Å²) in [7, 11) is 5.01. The Hall–Kier alpha value is -1.40.